The SMILES string of the molecule is O=C(Nc1ccccc1)OCC(O)CN1CCCCC1. The van der Waals surface area contributed by atoms with Crippen LogP contribution in [0.4, 0.5) is 10.5 Å². The predicted octanol–water partition coefficient (Wildman–Crippen LogP) is 2.08. The van der Waals surface area contributed by atoms with Gasteiger partial charge in [-0.1, -0.05) is 24.6 Å². The number of nitrogens with zero attached hydrogens (tertiary/aromatic N) is 1. The fraction of sp³-hybridized carbons (Fsp3) is 0.533. The van der Waals surface area contributed by atoms with Gasteiger partial charge in [-0.15, -0.1) is 0 Å². The van der Waals surface area contributed by atoms with E-state index in [2.05, 4.69) is 10.2 Å². The van der Waals surface area contributed by atoms with Crippen LogP contribution in [0.25, 0.3) is 0 Å². The van der Waals surface area contributed by atoms with Crippen LogP contribution in [0, 0.1) is 0 Å². The van der Waals surface area contributed by atoms with Crippen LogP contribution in [0.1, 0.15) is 19.3 Å². The first kappa shape index (κ1) is 14.8. The topological polar surface area (TPSA) is 61.8 Å². The summed E-state index contributed by atoms with van der Waals surface area (Å²) in [5.41, 5.74) is 0.683. The number of benzene rings is 1. The second kappa shape index (κ2) is 7.87. The fourth-order valence-electron chi connectivity index (χ4n) is 2.34. The van der Waals surface area contributed by atoms with E-state index in [1.54, 1.807) is 12.1 Å². The number of aliphatic hydroxyl groups excluding tert-OH is 1. The first-order valence-electron chi connectivity index (χ1n) is 7.13. The average molecular weight is 278 g/mol. The largest absolute Gasteiger partial charge is 0.447 e. The summed E-state index contributed by atoms with van der Waals surface area (Å²) in [6.07, 6.45) is 2.47. The second-order valence-electron chi connectivity index (χ2n) is 5.10. The quantitative estimate of drug-likeness (QED) is 0.865. The number of ether oxygens (including phenoxy) is 1. The maximum absolute atomic E-state index is 11.6. The lowest BCUT2D eigenvalue weighted by molar-refractivity contribution is 0.0437. The van der Waals surface area contributed by atoms with E-state index >= 15 is 0 Å². The zero-order valence-electron chi connectivity index (χ0n) is 11.6. The highest BCUT2D eigenvalue weighted by Gasteiger charge is 2.16. The number of para-hydroxylation sites is 1. The molecule has 0 radical (unpaired) electrons. The van der Waals surface area contributed by atoms with Gasteiger partial charge in [0.25, 0.3) is 0 Å². The van der Waals surface area contributed by atoms with Gasteiger partial charge in [-0.25, -0.2) is 4.79 Å². The first-order chi connectivity index (χ1) is 9.74. The third-order valence-corrected chi connectivity index (χ3v) is 3.34. The Morgan fingerprint density at radius 1 is 1.25 bits per heavy atom. The van der Waals surface area contributed by atoms with E-state index < -0.39 is 12.2 Å². The van der Waals surface area contributed by atoms with E-state index in [4.69, 9.17) is 4.74 Å². The van der Waals surface area contributed by atoms with E-state index in [9.17, 15) is 9.90 Å². The number of aliphatic hydroxyl groups is 1. The van der Waals surface area contributed by atoms with Crippen molar-refractivity contribution in [2.45, 2.75) is 25.4 Å². The zero-order chi connectivity index (χ0) is 14.2. The highest BCUT2D eigenvalue weighted by Crippen LogP contribution is 2.09. The third-order valence-electron chi connectivity index (χ3n) is 3.34. The standard InChI is InChI=1S/C15H22N2O3/c18-14(11-17-9-5-2-6-10-17)12-20-15(19)16-13-7-3-1-4-8-13/h1,3-4,7-8,14,18H,2,5-6,9-12H2,(H,16,19). The molecule has 110 valence electrons. The molecule has 1 atom stereocenters. The summed E-state index contributed by atoms with van der Waals surface area (Å²) in [4.78, 5) is 13.8. The molecular weight excluding hydrogens is 256 g/mol. The van der Waals surface area contributed by atoms with Crippen LogP contribution in [0.2, 0.25) is 0 Å². The molecule has 0 aromatic heterocycles. The molecule has 2 N–H and O–H groups in total. The molecule has 20 heavy (non-hydrogen) atoms. The average Bonchev–Trinajstić information content (AvgIpc) is 2.47. The van der Waals surface area contributed by atoms with Crippen LogP contribution >= 0.6 is 0 Å². The van der Waals surface area contributed by atoms with Crippen LogP contribution in [-0.4, -0.2) is 48.4 Å². The second-order valence-corrected chi connectivity index (χ2v) is 5.10. The number of likely N-dealkylation sites (tertiary alicyclic amines) is 1. The van der Waals surface area contributed by atoms with Crippen molar-refractivity contribution in [2.24, 2.45) is 0 Å². The molecular formula is C15H22N2O3. The minimum atomic E-state index is -0.630. The predicted molar refractivity (Wildman–Crippen MR) is 77.7 cm³/mol. The Hall–Kier alpha value is -1.59. The van der Waals surface area contributed by atoms with Crippen molar-refractivity contribution in [2.75, 3.05) is 31.6 Å². The minimum Gasteiger partial charge on any atom is -0.447 e. The van der Waals surface area contributed by atoms with Crippen LogP contribution < -0.4 is 5.32 Å². The maximum atomic E-state index is 11.6. The van der Waals surface area contributed by atoms with Crippen LogP contribution in [-0.2, 0) is 4.74 Å². The van der Waals surface area contributed by atoms with Gasteiger partial charge in [0.15, 0.2) is 0 Å². The molecule has 0 saturated carbocycles. The Balaban J connectivity index is 1.64. The smallest absolute Gasteiger partial charge is 0.411 e. The lowest BCUT2D eigenvalue weighted by Crippen LogP contribution is -2.38. The summed E-state index contributed by atoms with van der Waals surface area (Å²) in [6.45, 7) is 2.63. The van der Waals surface area contributed by atoms with E-state index in [-0.39, 0.29) is 6.61 Å². The third kappa shape index (κ3) is 5.19. The molecule has 1 aliphatic heterocycles. The highest BCUT2D eigenvalue weighted by atomic mass is 16.6. The Morgan fingerprint density at radius 2 is 1.95 bits per heavy atom. The molecule has 1 amide bonds. The molecule has 1 aromatic rings. The number of hydrogen-bond donors (Lipinski definition) is 2. The number of carbonyl (C=O) groups is 1. The van der Waals surface area contributed by atoms with E-state index in [1.807, 2.05) is 18.2 Å². The van der Waals surface area contributed by atoms with E-state index in [1.165, 1.54) is 19.3 Å². The minimum absolute atomic E-state index is 0.0230. The van der Waals surface area contributed by atoms with Gasteiger partial charge in [-0.05, 0) is 38.1 Å². The maximum Gasteiger partial charge on any atom is 0.411 e. The number of rotatable bonds is 5. The van der Waals surface area contributed by atoms with Crippen molar-refractivity contribution in [1.82, 2.24) is 4.90 Å². The van der Waals surface area contributed by atoms with Gasteiger partial charge in [-0.2, -0.15) is 0 Å². The van der Waals surface area contributed by atoms with Gasteiger partial charge in [-0.3, -0.25) is 5.32 Å². The van der Waals surface area contributed by atoms with Gasteiger partial charge >= 0.3 is 6.09 Å². The van der Waals surface area contributed by atoms with Crippen molar-refractivity contribution < 1.29 is 14.6 Å². The Bertz CT molecular complexity index is 405. The number of anilines is 1. The first-order valence-corrected chi connectivity index (χ1v) is 7.13. The molecule has 5 heteroatoms. The Morgan fingerprint density at radius 3 is 2.65 bits per heavy atom. The molecule has 2 rings (SSSR count). The van der Waals surface area contributed by atoms with Crippen LogP contribution in [0.5, 0.6) is 0 Å². The van der Waals surface area contributed by atoms with Gasteiger partial charge in [0.1, 0.15) is 12.7 Å². The summed E-state index contributed by atoms with van der Waals surface area (Å²) in [7, 11) is 0. The monoisotopic (exact) mass is 278 g/mol. The summed E-state index contributed by atoms with van der Waals surface area (Å²) in [6, 6.07) is 9.11. The Kier molecular flexibility index (Phi) is 5.83. The number of nitrogens with one attached hydrogen (secondary N) is 1. The molecule has 1 aromatic carbocycles. The van der Waals surface area contributed by atoms with Crippen molar-refractivity contribution in [3.05, 3.63) is 30.3 Å². The number of carbonyl (C=O) groups excluding carboxylic acids is 1. The molecule has 1 aliphatic rings. The fourth-order valence-corrected chi connectivity index (χ4v) is 2.34. The number of β-amino-alcohol motifs (C(OH)–C–C–N with tert-alkyl or cyclic N) is 1. The highest BCUT2D eigenvalue weighted by molar-refractivity contribution is 5.84. The van der Waals surface area contributed by atoms with Gasteiger partial charge < -0.3 is 14.7 Å². The molecule has 0 aliphatic carbocycles. The number of hydrogen-bond acceptors (Lipinski definition) is 4. The summed E-state index contributed by atoms with van der Waals surface area (Å²) >= 11 is 0. The van der Waals surface area contributed by atoms with Gasteiger partial charge in [0.05, 0.1) is 0 Å². The summed E-state index contributed by atoms with van der Waals surface area (Å²) in [5.74, 6) is 0. The molecule has 1 heterocycles. The van der Waals surface area contributed by atoms with Crippen molar-refractivity contribution in [1.29, 1.82) is 0 Å². The number of amides is 1. The molecule has 0 bridgehead atoms. The lowest BCUT2D eigenvalue weighted by atomic mass is 10.1. The summed E-state index contributed by atoms with van der Waals surface area (Å²) in [5, 5.41) is 12.5. The van der Waals surface area contributed by atoms with E-state index in [0.29, 0.717) is 12.2 Å². The number of piperidine rings is 1. The van der Waals surface area contributed by atoms with Crippen molar-refractivity contribution >= 4 is 11.8 Å². The molecule has 0 spiro atoms. The van der Waals surface area contributed by atoms with Gasteiger partial charge in [0, 0.05) is 12.2 Å². The van der Waals surface area contributed by atoms with E-state index in [0.717, 1.165) is 13.1 Å². The normalized spacial score (nSPS) is 17.4. The molecule has 1 fully saturated rings. The van der Waals surface area contributed by atoms with Crippen LogP contribution in [0.3, 0.4) is 0 Å². The molecule has 1 saturated heterocycles. The van der Waals surface area contributed by atoms with Crippen molar-refractivity contribution in [3.8, 4) is 0 Å². The van der Waals surface area contributed by atoms with Crippen LogP contribution in [0.15, 0.2) is 30.3 Å². The van der Waals surface area contributed by atoms with Crippen molar-refractivity contribution in [3.63, 3.8) is 0 Å². The van der Waals surface area contributed by atoms with Gasteiger partial charge in [0.2, 0.25) is 0 Å². The molecule has 5 nitrogen and oxygen atoms in total. The lowest BCUT2D eigenvalue weighted by Gasteiger charge is -2.28. The molecule has 1 unspecified atom stereocenters. The Labute approximate surface area is 119 Å². The summed E-state index contributed by atoms with van der Waals surface area (Å²) < 4.78 is 5.02. The zero-order valence-corrected chi connectivity index (χ0v) is 11.6.